The van der Waals surface area contributed by atoms with Crippen molar-refractivity contribution < 1.29 is 36.6 Å². The number of aromatic nitrogens is 4. The Hall–Kier alpha value is -3.31. The zero-order valence-corrected chi connectivity index (χ0v) is 13.3. The molecular formula is C15H9F5N4O3. The number of nitrogens with zero attached hydrogens (tertiary/aromatic N) is 4. The van der Waals surface area contributed by atoms with Gasteiger partial charge in [-0.05, 0) is 30.3 Å². The highest BCUT2D eigenvalue weighted by molar-refractivity contribution is 5.95. The predicted molar refractivity (Wildman–Crippen MR) is 79.4 cm³/mol. The van der Waals surface area contributed by atoms with Crippen molar-refractivity contribution >= 4 is 11.6 Å². The van der Waals surface area contributed by atoms with Crippen LogP contribution in [0.25, 0.3) is 16.9 Å². The van der Waals surface area contributed by atoms with Crippen molar-refractivity contribution in [3.63, 3.8) is 0 Å². The molecule has 0 unspecified atom stereocenters. The van der Waals surface area contributed by atoms with Crippen LogP contribution in [0.1, 0.15) is 23.1 Å². The van der Waals surface area contributed by atoms with Crippen molar-refractivity contribution in [3.8, 4) is 17.0 Å². The van der Waals surface area contributed by atoms with E-state index < -0.39 is 35.4 Å². The maximum Gasteiger partial charge on any atom is 0.573 e. The van der Waals surface area contributed by atoms with Gasteiger partial charge in [0.15, 0.2) is 5.65 Å². The van der Waals surface area contributed by atoms with Gasteiger partial charge in [0, 0.05) is 12.5 Å². The second kappa shape index (κ2) is 6.14. The second-order valence-corrected chi connectivity index (χ2v) is 5.47. The lowest BCUT2D eigenvalue weighted by molar-refractivity contribution is -0.274. The highest BCUT2D eigenvalue weighted by Crippen LogP contribution is 2.29. The Bertz CT molecular complexity index is 1010. The van der Waals surface area contributed by atoms with Crippen molar-refractivity contribution in [1.29, 1.82) is 0 Å². The third-order valence-electron chi connectivity index (χ3n) is 3.38. The van der Waals surface area contributed by atoms with Gasteiger partial charge in [0.25, 0.3) is 0 Å². The van der Waals surface area contributed by atoms with Crippen molar-refractivity contribution in [3.05, 3.63) is 41.7 Å². The number of hydrogen-bond donors (Lipinski definition) is 1. The monoisotopic (exact) mass is 388 g/mol. The quantitative estimate of drug-likeness (QED) is 0.688. The Labute approximate surface area is 147 Å². The first-order valence-electron chi connectivity index (χ1n) is 7.20. The third kappa shape index (κ3) is 3.78. The van der Waals surface area contributed by atoms with Gasteiger partial charge in [0.1, 0.15) is 11.3 Å². The Kier molecular flexibility index (Phi) is 4.20. The summed E-state index contributed by atoms with van der Waals surface area (Å²) in [7, 11) is 0. The summed E-state index contributed by atoms with van der Waals surface area (Å²) < 4.78 is 68.3. The minimum atomic E-state index is -4.88. The van der Waals surface area contributed by atoms with E-state index in [1.165, 1.54) is 12.1 Å². The molecule has 0 saturated carbocycles. The summed E-state index contributed by atoms with van der Waals surface area (Å²) in [5.74, 6) is -6.29. The van der Waals surface area contributed by atoms with Crippen LogP contribution in [-0.2, 0) is 5.92 Å². The number of hydrogen-bond acceptors (Lipinski definition) is 5. The van der Waals surface area contributed by atoms with Crippen LogP contribution >= 0.6 is 0 Å². The van der Waals surface area contributed by atoms with E-state index in [2.05, 4.69) is 20.0 Å². The van der Waals surface area contributed by atoms with Crippen LogP contribution in [0, 0.1) is 0 Å². The van der Waals surface area contributed by atoms with Gasteiger partial charge in [-0.2, -0.15) is 18.4 Å². The highest BCUT2D eigenvalue weighted by atomic mass is 19.4. The molecule has 27 heavy (non-hydrogen) atoms. The molecule has 3 rings (SSSR count). The minimum Gasteiger partial charge on any atom is -0.478 e. The summed E-state index contributed by atoms with van der Waals surface area (Å²) in [5.41, 5.74) is -0.741. The molecule has 1 N–H and O–H groups in total. The molecule has 0 bridgehead atoms. The van der Waals surface area contributed by atoms with E-state index in [9.17, 15) is 31.9 Å². The molecule has 0 fully saturated rings. The largest absolute Gasteiger partial charge is 0.573 e. The molecule has 0 spiro atoms. The number of fused-ring (bicyclic) bond motifs is 1. The maximum absolute atomic E-state index is 13.7. The molecule has 0 atom stereocenters. The molecule has 2 aromatic heterocycles. The van der Waals surface area contributed by atoms with Crippen LogP contribution in [0.5, 0.6) is 5.75 Å². The number of carboxylic acids is 1. The van der Waals surface area contributed by atoms with Crippen LogP contribution in [0.3, 0.4) is 0 Å². The summed E-state index contributed by atoms with van der Waals surface area (Å²) in [4.78, 5) is 11.4. The average Bonchev–Trinajstić information content (AvgIpc) is 2.97. The van der Waals surface area contributed by atoms with Gasteiger partial charge in [-0.1, -0.05) is 0 Å². The first-order chi connectivity index (χ1) is 12.5. The van der Waals surface area contributed by atoms with Crippen LogP contribution in [0.15, 0.2) is 30.3 Å². The standard InChI is InChI=1S/C15H9F5N4O3/c1-14(16,17)13-22-21-11-9(12(25)26)6-10(23-24(11)13)7-2-4-8(5-3-7)27-15(18,19)20/h2-6H,1H3,(H,25,26). The van der Waals surface area contributed by atoms with E-state index >= 15 is 0 Å². The number of carboxylic acid groups (broad SMARTS) is 1. The van der Waals surface area contributed by atoms with Gasteiger partial charge < -0.3 is 9.84 Å². The van der Waals surface area contributed by atoms with Gasteiger partial charge in [-0.15, -0.1) is 23.4 Å². The fourth-order valence-electron chi connectivity index (χ4n) is 2.28. The van der Waals surface area contributed by atoms with Crippen LogP contribution in [0.4, 0.5) is 22.0 Å². The molecule has 12 heteroatoms. The fourth-order valence-corrected chi connectivity index (χ4v) is 2.28. The summed E-state index contributed by atoms with van der Waals surface area (Å²) in [6.07, 6.45) is -4.88. The van der Waals surface area contributed by atoms with E-state index in [-0.39, 0.29) is 16.9 Å². The average molecular weight is 388 g/mol. The van der Waals surface area contributed by atoms with Gasteiger partial charge >= 0.3 is 18.3 Å². The smallest absolute Gasteiger partial charge is 0.478 e. The molecule has 2 heterocycles. The highest BCUT2D eigenvalue weighted by Gasteiger charge is 2.33. The van der Waals surface area contributed by atoms with Crippen molar-refractivity contribution in [2.45, 2.75) is 19.2 Å². The summed E-state index contributed by atoms with van der Waals surface area (Å²) in [6, 6.07) is 5.38. The molecule has 142 valence electrons. The Balaban J connectivity index is 2.13. The number of benzene rings is 1. The third-order valence-corrected chi connectivity index (χ3v) is 3.38. The lowest BCUT2D eigenvalue weighted by Crippen LogP contribution is -2.17. The number of alkyl halides is 5. The van der Waals surface area contributed by atoms with E-state index in [4.69, 9.17) is 0 Å². The Morgan fingerprint density at radius 3 is 2.26 bits per heavy atom. The number of rotatable bonds is 4. The van der Waals surface area contributed by atoms with E-state index in [0.29, 0.717) is 11.4 Å². The molecule has 0 amide bonds. The van der Waals surface area contributed by atoms with Crippen molar-refractivity contribution in [2.24, 2.45) is 0 Å². The number of carbonyl (C=O) groups is 1. The SMILES string of the molecule is CC(F)(F)c1nnc2c(C(=O)O)cc(-c3ccc(OC(F)(F)F)cc3)nn12. The zero-order valence-electron chi connectivity index (χ0n) is 13.3. The lowest BCUT2D eigenvalue weighted by Gasteiger charge is -2.11. The van der Waals surface area contributed by atoms with Crippen molar-refractivity contribution in [2.75, 3.05) is 0 Å². The summed E-state index contributed by atoms with van der Waals surface area (Å²) in [6.45, 7) is 0.543. The minimum absolute atomic E-state index is 0.0799. The molecule has 0 saturated heterocycles. The van der Waals surface area contributed by atoms with Crippen LogP contribution in [-0.4, -0.2) is 37.2 Å². The van der Waals surface area contributed by atoms with E-state index in [1.807, 2.05) is 0 Å². The van der Waals surface area contributed by atoms with Gasteiger partial charge in [-0.3, -0.25) is 0 Å². The van der Waals surface area contributed by atoms with Crippen LogP contribution < -0.4 is 4.74 Å². The Morgan fingerprint density at radius 2 is 1.74 bits per heavy atom. The molecule has 0 aliphatic heterocycles. The first-order valence-corrected chi connectivity index (χ1v) is 7.20. The molecule has 0 aliphatic carbocycles. The predicted octanol–water partition coefficient (Wildman–Crippen LogP) is 3.50. The van der Waals surface area contributed by atoms with Gasteiger partial charge in [0.05, 0.1) is 5.69 Å². The van der Waals surface area contributed by atoms with Gasteiger partial charge in [-0.25, -0.2) is 4.79 Å². The molecule has 7 nitrogen and oxygen atoms in total. The topological polar surface area (TPSA) is 89.6 Å². The van der Waals surface area contributed by atoms with E-state index in [1.54, 1.807) is 0 Å². The number of aromatic carboxylic acids is 1. The summed E-state index contributed by atoms with van der Waals surface area (Å²) >= 11 is 0. The van der Waals surface area contributed by atoms with Crippen LogP contribution in [0.2, 0.25) is 0 Å². The van der Waals surface area contributed by atoms with Crippen molar-refractivity contribution in [1.82, 2.24) is 19.8 Å². The first kappa shape index (κ1) is 18.5. The molecule has 0 radical (unpaired) electrons. The Morgan fingerprint density at radius 1 is 1.11 bits per heavy atom. The fraction of sp³-hybridized carbons (Fsp3) is 0.200. The zero-order chi connectivity index (χ0) is 20.0. The molecular weight excluding hydrogens is 379 g/mol. The molecule has 0 aliphatic rings. The van der Waals surface area contributed by atoms with E-state index in [0.717, 1.165) is 18.2 Å². The number of halogens is 5. The normalized spacial score (nSPS) is 12.4. The second-order valence-electron chi connectivity index (χ2n) is 5.47. The number of ether oxygens (including phenoxy) is 1. The molecule has 1 aromatic carbocycles. The van der Waals surface area contributed by atoms with Gasteiger partial charge in [0.2, 0.25) is 5.82 Å². The molecule has 3 aromatic rings. The maximum atomic E-state index is 13.7. The lowest BCUT2D eigenvalue weighted by atomic mass is 10.1. The summed E-state index contributed by atoms with van der Waals surface area (Å²) in [5, 5.41) is 19.9.